The first-order valence-electron chi connectivity index (χ1n) is 11.3. The first kappa shape index (κ1) is 25.1. The van der Waals surface area contributed by atoms with Crippen LogP contribution in [0.5, 0.6) is 0 Å². The molecule has 1 aliphatic rings. The van der Waals surface area contributed by atoms with E-state index in [9.17, 15) is 22.4 Å². The zero-order valence-corrected chi connectivity index (χ0v) is 20.5. The van der Waals surface area contributed by atoms with E-state index in [4.69, 9.17) is 0 Å². The van der Waals surface area contributed by atoms with E-state index >= 15 is 0 Å². The van der Waals surface area contributed by atoms with Crippen LogP contribution < -0.4 is 14.9 Å². The first-order chi connectivity index (χ1) is 16.6. The van der Waals surface area contributed by atoms with Crippen LogP contribution in [0.15, 0.2) is 36.4 Å². The van der Waals surface area contributed by atoms with Gasteiger partial charge < -0.3 is 10.2 Å². The molecule has 186 valence electrons. The van der Waals surface area contributed by atoms with Crippen molar-refractivity contribution in [1.82, 2.24) is 10.3 Å². The quantitative estimate of drug-likeness (QED) is 0.261. The largest absolute Gasteiger partial charge is 0.433 e. The molecule has 10 heteroatoms. The van der Waals surface area contributed by atoms with Crippen molar-refractivity contribution in [3.63, 3.8) is 0 Å². The molecule has 0 aliphatic carbocycles. The highest BCUT2D eigenvalue weighted by molar-refractivity contribution is 7.79. The molecule has 0 saturated carbocycles. The van der Waals surface area contributed by atoms with Crippen LogP contribution in [0, 0.1) is 12.7 Å². The lowest BCUT2D eigenvalue weighted by Crippen LogP contribution is -2.27. The SMILES string of the molecule is C[SH+]Nc1cc(F)c([C@@H](C)NC(=O)c2ccc3nc(C(F)(F)F)cc(N4CCCC4)c3c2)cc1C. The summed E-state index contributed by atoms with van der Waals surface area (Å²) < 4.78 is 58.1. The molecule has 1 atom stereocenters. The second kappa shape index (κ2) is 9.93. The highest BCUT2D eigenvalue weighted by Crippen LogP contribution is 2.36. The summed E-state index contributed by atoms with van der Waals surface area (Å²) in [4.78, 5) is 18.7. The molecule has 0 radical (unpaired) electrons. The fraction of sp³-hybridized carbons (Fsp3) is 0.360. The molecule has 1 fully saturated rings. The molecule has 2 N–H and O–H groups in total. The van der Waals surface area contributed by atoms with E-state index in [0.717, 1.165) is 36.4 Å². The number of carbonyl (C=O) groups is 1. The van der Waals surface area contributed by atoms with Gasteiger partial charge in [-0.2, -0.15) is 13.2 Å². The number of carbonyl (C=O) groups excluding carboxylic acids is 1. The number of hydrogen-bond donors (Lipinski definition) is 2. The van der Waals surface area contributed by atoms with Gasteiger partial charge in [-0.25, -0.2) is 14.1 Å². The highest BCUT2D eigenvalue weighted by atomic mass is 32.2. The Morgan fingerprint density at radius 2 is 1.86 bits per heavy atom. The molecule has 4 rings (SSSR count). The van der Waals surface area contributed by atoms with Gasteiger partial charge in [-0.05, 0) is 62.6 Å². The Morgan fingerprint density at radius 3 is 2.51 bits per heavy atom. The van der Waals surface area contributed by atoms with E-state index in [-0.39, 0.29) is 11.1 Å². The molecule has 2 aromatic carbocycles. The van der Waals surface area contributed by atoms with Gasteiger partial charge in [0.1, 0.15) is 17.8 Å². The van der Waals surface area contributed by atoms with Crippen LogP contribution in [0.2, 0.25) is 0 Å². The van der Waals surface area contributed by atoms with Gasteiger partial charge in [-0.3, -0.25) is 4.79 Å². The third-order valence-electron chi connectivity index (χ3n) is 6.18. The number of amides is 1. The van der Waals surface area contributed by atoms with Gasteiger partial charge >= 0.3 is 6.18 Å². The Hall–Kier alpha value is -3.01. The van der Waals surface area contributed by atoms with Crippen molar-refractivity contribution in [2.75, 3.05) is 29.0 Å². The number of nitrogens with one attached hydrogen (secondary N) is 2. The molecular formula is C25H27F4N4OS+. The molecule has 35 heavy (non-hydrogen) atoms. The minimum absolute atomic E-state index is 0.172. The van der Waals surface area contributed by atoms with E-state index < -0.39 is 29.6 Å². The Kier molecular flexibility index (Phi) is 7.12. The number of aryl methyl sites for hydroxylation is 1. The monoisotopic (exact) mass is 507 g/mol. The summed E-state index contributed by atoms with van der Waals surface area (Å²) in [6.45, 7) is 4.83. The second-order valence-corrected chi connectivity index (χ2v) is 9.34. The van der Waals surface area contributed by atoms with E-state index in [1.54, 1.807) is 19.1 Å². The lowest BCUT2D eigenvalue weighted by molar-refractivity contribution is -0.140. The summed E-state index contributed by atoms with van der Waals surface area (Å²) in [5.41, 5.74) is 1.79. The molecule has 1 saturated heterocycles. The summed E-state index contributed by atoms with van der Waals surface area (Å²) in [6, 6.07) is 7.98. The maximum Gasteiger partial charge on any atom is 0.433 e. The van der Waals surface area contributed by atoms with Crippen LogP contribution in [0.25, 0.3) is 10.9 Å². The molecule has 1 aliphatic heterocycles. The van der Waals surface area contributed by atoms with Gasteiger partial charge in [0.25, 0.3) is 5.91 Å². The topological polar surface area (TPSA) is 57.3 Å². The Labute approximate surface area is 205 Å². The highest BCUT2D eigenvalue weighted by Gasteiger charge is 2.34. The van der Waals surface area contributed by atoms with Crippen molar-refractivity contribution in [3.8, 4) is 0 Å². The summed E-state index contributed by atoms with van der Waals surface area (Å²) >= 11 is 0.891. The van der Waals surface area contributed by atoms with Crippen LogP contribution >= 0.6 is 0 Å². The fourth-order valence-corrected chi connectivity index (χ4v) is 4.83. The molecule has 5 nitrogen and oxygen atoms in total. The molecule has 0 unspecified atom stereocenters. The van der Waals surface area contributed by atoms with E-state index in [1.165, 1.54) is 18.2 Å². The number of nitrogens with zero attached hydrogens (tertiary/aromatic N) is 2. The van der Waals surface area contributed by atoms with Gasteiger partial charge in [0, 0.05) is 41.4 Å². The average Bonchev–Trinajstić information content (AvgIpc) is 3.34. The minimum Gasteiger partial charge on any atom is -0.371 e. The molecular weight excluding hydrogens is 480 g/mol. The third-order valence-corrected chi connectivity index (χ3v) is 6.64. The Bertz CT molecular complexity index is 1260. The average molecular weight is 508 g/mol. The van der Waals surface area contributed by atoms with Crippen molar-refractivity contribution < 1.29 is 22.4 Å². The second-order valence-electron chi connectivity index (χ2n) is 8.67. The van der Waals surface area contributed by atoms with E-state index in [0.29, 0.717) is 35.4 Å². The van der Waals surface area contributed by atoms with Crippen molar-refractivity contribution in [1.29, 1.82) is 0 Å². The first-order valence-corrected chi connectivity index (χ1v) is 12.7. The molecule has 1 amide bonds. The van der Waals surface area contributed by atoms with E-state index in [1.807, 2.05) is 18.1 Å². The van der Waals surface area contributed by atoms with Crippen molar-refractivity contribution in [2.24, 2.45) is 0 Å². The molecule has 2 heterocycles. The van der Waals surface area contributed by atoms with Crippen LogP contribution in [-0.4, -0.2) is 30.2 Å². The van der Waals surface area contributed by atoms with Gasteiger partial charge in [0.05, 0.1) is 29.2 Å². The van der Waals surface area contributed by atoms with Crippen LogP contribution in [0.3, 0.4) is 0 Å². The number of pyridine rings is 1. The minimum atomic E-state index is -4.57. The number of aromatic nitrogens is 1. The summed E-state index contributed by atoms with van der Waals surface area (Å²) in [5, 5.41) is 3.29. The summed E-state index contributed by atoms with van der Waals surface area (Å²) in [5.74, 6) is -0.883. The number of benzene rings is 2. The van der Waals surface area contributed by atoms with Gasteiger partial charge in [-0.15, -0.1) is 0 Å². The predicted molar refractivity (Wildman–Crippen MR) is 134 cm³/mol. The maximum absolute atomic E-state index is 14.7. The number of rotatable bonds is 6. The molecule has 1 aromatic heterocycles. The van der Waals surface area contributed by atoms with Crippen molar-refractivity contribution in [3.05, 3.63) is 64.6 Å². The standard InChI is InChI=1S/C25H26F4N4OS/c1-14-10-17(19(26)12-21(14)32-35-3)15(2)30-24(34)16-6-7-20-18(11-16)22(33-8-4-5-9-33)13-23(31-20)25(27,28)29/h6-7,10-13,15,32H,4-5,8-9H2,1-3H3,(H,30,34)/p+1/t15-/m1/s1. The summed E-state index contributed by atoms with van der Waals surface area (Å²) in [6.07, 6.45) is -0.899. The van der Waals surface area contributed by atoms with Crippen LogP contribution in [0.4, 0.5) is 28.9 Å². The molecule has 0 spiro atoms. The van der Waals surface area contributed by atoms with Gasteiger partial charge in [0.2, 0.25) is 0 Å². The lowest BCUT2D eigenvalue weighted by Gasteiger charge is -2.22. The Balaban J connectivity index is 1.65. The molecule has 0 bridgehead atoms. The summed E-state index contributed by atoms with van der Waals surface area (Å²) in [7, 11) is 0. The smallest absolute Gasteiger partial charge is 0.371 e. The number of halogens is 4. The van der Waals surface area contributed by atoms with Crippen molar-refractivity contribution in [2.45, 2.75) is 38.9 Å². The molecule has 3 aromatic rings. The van der Waals surface area contributed by atoms with Gasteiger partial charge in [-0.1, -0.05) is 0 Å². The number of hydrogen-bond acceptors (Lipinski definition) is 4. The normalized spacial score (nSPS) is 14.9. The zero-order valence-electron chi connectivity index (χ0n) is 19.6. The fourth-order valence-electron chi connectivity index (χ4n) is 4.35. The number of fused-ring (bicyclic) bond motifs is 1. The van der Waals surface area contributed by atoms with Crippen molar-refractivity contribution >= 4 is 40.1 Å². The van der Waals surface area contributed by atoms with Crippen LogP contribution in [0.1, 0.15) is 53.0 Å². The third kappa shape index (κ3) is 5.32. The number of alkyl halides is 3. The van der Waals surface area contributed by atoms with E-state index in [2.05, 4.69) is 15.0 Å². The predicted octanol–water partition coefficient (Wildman–Crippen LogP) is 5.56. The Morgan fingerprint density at radius 1 is 1.14 bits per heavy atom. The maximum atomic E-state index is 14.7. The zero-order chi connectivity index (χ0) is 25.3. The van der Waals surface area contributed by atoms with Crippen LogP contribution in [-0.2, 0) is 18.1 Å². The van der Waals surface area contributed by atoms with Gasteiger partial charge in [0.15, 0.2) is 0 Å². The number of thiol groups is 1. The number of anilines is 2. The lowest BCUT2D eigenvalue weighted by atomic mass is 10.0.